The van der Waals surface area contributed by atoms with Crippen LogP contribution >= 0.6 is 15.9 Å². The number of aromatic nitrogens is 3. The smallest absolute Gasteiger partial charge is 0.250 e. The van der Waals surface area contributed by atoms with E-state index in [-0.39, 0.29) is 0 Å². The number of anilines is 3. The Balaban J connectivity index is 1.33. The molecule has 2 aliphatic heterocycles. The summed E-state index contributed by atoms with van der Waals surface area (Å²) in [5, 5.41) is 4.44. The zero-order valence-electron chi connectivity index (χ0n) is 19.0. The quantitative estimate of drug-likeness (QED) is 0.335. The summed E-state index contributed by atoms with van der Waals surface area (Å²) in [6, 6.07) is 16.0. The van der Waals surface area contributed by atoms with Gasteiger partial charge in [-0.25, -0.2) is 5.43 Å². The van der Waals surface area contributed by atoms with Crippen LogP contribution in [0.1, 0.15) is 36.8 Å². The van der Waals surface area contributed by atoms with E-state index in [1.807, 2.05) is 48.5 Å². The Morgan fingerprint density at radius 1 is 0.882 bits per heavy atom. The second kappa shape index (κ2) is 10.8. The molecule has 0 amide bonds. The average molecular weight is 522 g/mol. The van der Waals surface area contributed by atoms with Gasteiger partial charge in [0, 0.05) is 36.2 Å². The van der Waals surface area contributed by atoms with Gasteiger partial charge in [-0.3, -0.25) is 0 Å². The molecule has 2 aliphatic rings. The third-order valence-corrected chi connectivity index (χ3v) is 6.46. The lowest BCUT2D eigenvalue weighted by Gasteiger charge is -2.20. The highest BCUT2D eigenvalue weighted by molar-refractivity contribution is 9.10. The van der Waals surface area contributed by atoms with E-state index in [1.54, 1.807) is 6.21 Å². The number of halogens is 1. The Hall–Kier alpha value is -3.20. The van der Waals surface area contributed by atoms with Crippen molar-refractivity contribution in [2.75, 3.05) is 41.4 Å². The number of benzene rings is 2. The Kier molecular flexibility index (Phi) is 7.19. The van der Waals surface area contributed by atoms with Crippen LogP contribution in [-0.2, 0) is 6.61 Å². The molecular weight excluding hydrogens is 494 g/mol. The number of ether oxygens (including phenoxy) is 1. The molecule has 0 unspecified atom stereocenters. The monoisotopic (exact) mass is 521 g/mol. The minimum atomic E-state index is 0.455. The van der Waals surface area contributed by atoms with Crippen molar-refractivity contribution in [2.45, 2.75) is 32.3 Å². The summed E-state index contributed by atoms with van der Waals surface area (Å²) in [5.41, 5.74) is 4.99. The third-order valence-electron chi connectivity index (χ3n) is 5.97. The zero-order chi connectivity index (χ0) is 23.2. The van der Waals surface area contributed by atoms with Crippen LogP contribution in [0.2, 0.25) is 0 Å². The maximum Gasteiger partial charge on any atom is 0.250 e. The van der Waals surface area contributed by atoms with Crippen LogP contribution in [0.4, 0.5) is 17.8 Å². The Morgan fingerprint density at radius 2 is 1.53 bits per heavy atom. The highest BCUT2D eigenvalue weighted by atomic mass is 79.9. The molecule has 0 aliphatic carbocycles. The van der Waals surface area contributed by atoms with Crippen molar-refractivity contribution in [3.63, 3.8) is 0 Å². The van der Waals surface area contributed by atoms with Gasteiger partial charge in [-0.15, -0.1) is 0 Å². The van der Waals surface area contributed by atoms with E-state index in [0.717, 1.165) is 59.4 Å². The minimum absolute atomic E-state index is 0.455. The molecule has 176 valence electrons. The largest absolute Gasteiger partial charge is 0.488 e. The number of hydrogen-bond donors (Lipinski definition) is 1. The molecule has 0 atom stereocenters. The van der Waals surface area contributed by atoms with Gasteiger partial charge >= 0.3 is 0 Å². The first-order valence-corrected chi connectivity index (χ1v) is 12.6. The standard InChI is InChI=1S/C25H28BrN7O/c26-21-10-11-22(34-18-19-8-2-1-3-9-19)20(16-21)17-27-31-23-28-24(32-12-4-5-13-32)30-25(29-23)33-14-6-7-15-33/h1-3,8-11,16-17H,4-7,12-15,18H2,(H,28,29,30,31). The van der Waals surface area contributed by atoms with Crippen molar-refractivity contribution in [3.05, 3.63) is 64.1 Å². The fraction of sp³-hybridized carbons (Fsp3) is 0.360. The molecule has 0 spiro atoms. The van der Waals surface area contributed by atoms with Crippen LogP contribution in [0, 0.1) is 0 Å². The Bertz CT molecular complexity index is 1100. The molecule has 1 aromatic heterocycles. The highest BCUT2D eigenvalue weighted by Crippen LogP contribution is 2.24. The van der Waals surface area contributed by atoms with Crippen molar-refractivity contribution in [2.24, 2.45) is 5.10 Å². The van der Waals surface area contributed by atoms with Gasteiger partial charge < -0.3 is 14.5 Å². The summed E-state index contributed by atoms with van der Waals surface area (Å²) in [7, 11) is 0. The fourth-order valence-corrected chi connectivity index (χ4v) is 4.55. The molecule has 2 fully saturated rings. The lowest BCUT2D eigenvalue weighted by molar-refractivity contribution is 0.306. The molecular formula is C25H28BrN7O. The number of nitrogens with zero attached hydrogens (tertiary/aromatic N) is 6. The van der Waals surface area contributed by atoms with E-state index in [4.69, 9.17) is 9.72 Å². The predicted octanol–water partition coefficient (Wildman–Crippen LogP) is 4.86. The van der Waals surface area contributed by atoms with Gasteiger partial charge in [0.1, 0.15) is 12.4 Å². The zero-order valence-corrected chi connectivity index (χ0v) is 20.6. The predicted molar refractivity (Wildman–Crippen MR) is 139 cm³/mol. The average Bonchev–Trinajstić information content (AvgIpc) is 3.59. The minimum Gasteiger partial charge on any atom is -0.488 e. The van der Waals surface area contributed by atoms with Gasteiger partial charge in [0.05, 0.1) is 6.21 Å². The molecule has 2 saturated heterocycles. The first-order valence-electron chi connectivity index (χ1n) is 11.8. The van der Waals surface area contributed by atoms with Gasteiger partial charge in [-0.05, 0) is 49.4 Å². The molecule has 0 bridgehead atoms. The van der Waals surface area contributed by atoms with Gasteiger partial charge in [0.25, 0.3) is 0 Å². The van der Waals surface area contributed by atoms with Gasteiger partial charge in [0.15, 0.2) is 0 Å². The molecule has 9 heteroatoms. The first-order chi connectivity index (χ1) is 16.7. The summed E-state index contributed by atoms with van der Waals surface area (Å²) < 4.78 is 7.01. The van der Waals surface area contributed by atoms with Crippen LogP contribution in [-0.4, -0.2) is 47.3 Å². The van der Waals surface area contributed by atoms with Crippen LogP contribution in [0.3, 0.4) is 0 Å². The van der Waals surface area contributed by atoms with Crippen molar-refractivity contribution >= 4 is 40.0 Å². The summed E-state index contributed by atoms with van der Waals surface area (Å²) in [6.07, 6.45) is 6.40. The van der Waals surface area contributed by atoms with Crippen LogP contribution in [0.5, 0.6) is 5.75 Å². The van der Waals surface area contributed by atoms with E-state index < -0.39 is 0 Å². The molecule has 0 saturated carbocycles. The summed E-state index contributed by atoms with van der Waals surface area (Å²) in [5.74, 6) is 2.66. The van der Waals surface area contributed by atoms with Crippen molar-refractivity contribution in [1.29, 1.82) is 0 Å². The summed E-state index contributed by atoms with van der Waals surface area (Å²) >= 11 is 3.54. The molecule has 0 radical (unpaired) electrons. The SMILES string of the molecule is Brc1ccc(OCc2ccccc2)c(C=NNc2nc(N3CCCC3)nc(N3CCCC3)n2)c1. The van der Waals surface area contributed by atoms with Gasteiger partial charge in [-0.1, -0.05) is 46.3 Å². The molecule has 1 N–H and O–H groups in total. The van der Waals surface area contributed by atoms with Crippen LogP contribution in [0.15, 0.2) is 58.1 Å². The van der Waals surface area contributed by atoms with E-state index in [0.29, 0.717) is 12.6 Å². The molecule has 2 aromatic carbocycles. The second-order valence-electron chi connectivity index (χ2n) is 8.47. The van der Waals surface area contributed by atoms with Gasteiger partial charge in [-0.2, -0.15) is 20.1 Å². The van der Waals surface area contributed by atoms with E-state index in [2.05, 4.69) is 46.2 Å². The van der Waals surface area contributed by atoms with Crippen LogP contribution < -0.4 is 20.0 Å². The number of rotatable bonds is 8. The van der Waals surface area contributed by atoms with Crippen molar-refractivity contribution < 1.29 is 4.74 Å². The molecule has 8 nitrogen and oxygen atoms in total. The lowest BCUT2D eigenvalue weighted by Crippen LogP contribution is -2.25. The summed E-state index contributed by atoms with van der Waals surface area (Å²) in [4.78, 5) is 18.5. The Morgan fingerprint density at radius 3 is 2.18 bits per heavy atom. The highest BCUT2D eigenvalue weighted by Gasteiger charge is 2.21. The molecule has 3 heterocycles. The second-order valence-corrected chi connectivity index (χ2v) is 9.39. The maximum atomic E-state index is 6.06. The normalized spacial score (nSPS) is 15.9. The van der Waals surface area contributed by atoms with Crippen molar-refractivity contribution in [3.8, 4) is 5.75 Å². The third kappa shape index (κ3) is 5.64. The van der Waals surface area contributed by atoms with Crippen molar-refractivity contribution in [1.82, 2.24) is 15.0 Å². The maximum absolute atomic E-state index is 6.06. The fourth-order valence-electron chi connectivity index (χ4n) is 4.17. The lowest BCUT2D eigenvalue weighted by atomic mass is 10.2. The molecule has 5 rings (SSSR count). The number of hydrogen-bond acceptors (Lipinski definition) is 8. The molecule has 3 aromatic rings. The first kappa shape index (κ1) is 22.6. The van der Waals surface area contributed by atoms with Gasteiger partial charge in [0.2, 0.25) is 17.8 Å². The van der Waals surface area contributed by atoms with E-state index >= 15 is 0 Å². The topological polar surface area (TPSA) is 78.8 Å². The number of nitrogens with one attached hydrogen (secondary N) is 1. The van der Waals surface area contributed by atoms with E-state index in [9.17, 15) is 0 Å². The van der Waals surface area contributed by atoms with E-state index in [1.165, 1.54) is 25.7 Å². The van der Waals surface area contributed by atoms with Crippen LogP contribution in [0.25, 0.3) is 0 Å². The summed E-state index contributed by atoms with van der Waals surface area (Å²) in [6.45, 7) is 4.40. The Labute approximate surface area is 208 Å². The molecule has 34 heavy (non-hydrogen) atoms. The number of hydrazone groups is 1.